The lowest BCUT2D eigenvalue weighted by atomic mass is 9.79. The van der Waals surface area contributed by atoms with E-state index in [4.69, 9.17) is 61.1 Å². The van der Waals surface area contributed by atoms with Crippen molar-refractivity contribution in [2.75, 3.05) is 17.2 Å². The first kappa shape index (κ1) is 35.7. The molecule has 0 spiro atoms. The number of para-hydroxylation sites is 2. The Morgan fingerprint density at radius 1 is 0.786 bits per heavy atom. The largest absolute Gasteiger partial charge is 0.465 e. The summed E-state index contributed by atoms with van der Waals surface area (Å²) in [6, 6.07) is 12.6. The van der Waals surface area contributed by atoms with Gasteiger partial charge < -0.3 is 15.4 Å². The van der Waals surface area contributed by atoms with Gasteiger partial charge in [0.25, 0.3) is 0 Å². The van der Waals surface area contributed by atoms with Crippen LogP contribution in [0.2, 0.25) is 20.1 Å². The minimum atomic E-state index is -1.49. The molecular formula is C31H39Cl4N5O2. The van der Waals surface area contributed by atoms with Crippen LogP contribution in [0.25, 0.3) is 0 Å². The number of nitrogens with one attached hydrogen (secondary N) is 2. The Balaban J connectivity index is 2.45. The molecule has 0 aliphatic heterocycles. The molecule has 0 saturated heterocycles. The first-order valence-electron chi connectivity index (χ1n) is 13.7. The Kier molecular flexibility index (Phi) is 13.0. The maximum Gasteiger partial charge on any atom is 0.326 e. The van der Waals surface area contributed by atoms with E-state index in [0.717, 1.165) is 0 Å². The van der Waals surface area contributed by atoms with Crippen molar-refractivity contribution in [2.24, 2.45) is 15.4 Å². The first-order chi connectivity index (χ1) is 19.5. The van der Waals surface area contributed by atoms with Crippen LogP contribution in [0.4, 0.5) is 11.4 Å². The second kappa shape index (κ2) is 15.3. The van der Waals surface area contributed by atoms with Gasteiger partial charge in [0, 0.05) is 12.8 Å². The Hall–Kier alpha value is -2.50. The van der Waals surface area contributed by atoms with Crippen molar-refractivity contribution in [3.05, 3.63) is 56.5 Å². The quantitative estimate of drug-likeness (QED) is 0.151. The highest BCUT2D eigenvalue weighted by Gasteiger charge is 2.41. The SMILES string of the molecule is CCOC(=O)C(C#N)(CCC(=NC(C)(C)C)Nc1c(Cl)cccc1Cl)CCC(=NC(C)(C)C)Nc1c(Cl)cccc1Cl. The average Bonchev–Trinajstić information content (AvgIpc) is 2.87. The molecular weight excluding hydrogens is 616 g/mol. The normalized spacial score (nSPS) is 14.1. The van der Waals surface area contributed by atoms with Crippen LogP contribution in [0.1, 0.15) is 74.1 Å². The molecule has 2 rings (SSSR count). The molecule has 11 heteroatoms. The molecule has 0 aliphatic rings. The van der Waals surface area contributed by atoms with Crippen LogP contribution in [-0.2, 0) is 9.53 Å². The fraction of sp³-hybridized carbons (Fsp3) is 0.484. The Bertz CT molecular complexity index is 1230. The first-order valence-corrected chi connectivity index (χ1v) is 15.2. The number of aliphatic imine (C=N–C) groups is 2. The summed E-state index contributed by atoms with van der Waals surface area (Å²) < 4.78 is 5.41. The van der Waals surface area contributed by atoms with E-state index in [0.29, 0.717) is 43.1 Å². The molecule has 0 radical (unpaired) electrons. The van der Waals surface area contributed by atoms with Gasteiger partial charge in [-0.25, -0.2) is 0 Å². The average molecular weight is 655 g/mol. The molecule has 7 nitrogen and oxygen atoms in total. The van der Waals surface area contributed by atoms with Crippen LogP contribution in [0.5, 0.6) is 0 Å². The maximum atomic E-state index is 13.4. The number of carbonyl (C=O) groups is 1. The molecule has 2 aromatic carbocycles. The lowest BCUT2D eigenvalue weighted by molar-refractivity contribution is -0.152. The zero-order valence-corrected chi connectivity index (χ0v) is 28.2. The van der Waals surface area contributed by atoms with E-state index in [-0.39, 0.29) is 32.3 Å². The van der Waals surface area contributed by atoms with Gasteiger partial charge in [0.05, 0.1) is 55.2 Å². The number of nitrogens with zero attached hydrogens (tertiary/aromatic N) is 3. The lowest BCUT2D eigenvalue weighted by Gasteiger charge is -2.27. The molecule has 0 fully saturated rings. The third-order valence-electron chi connectivity index (χ3n) is 5.86. The lowest BCUT2D eigenvalue weighted by Crippen LogP contribution is -2.35. The molecule has 0 amide bonds. The number of hydrogen-bond acceptors (Lipinski definition) is 5. The summed E-state index contributed by atoms with van der Waals surface area (Å²) in [5, 5.41) is 18.6. The van der Waals surface area contributed by atoms with Crippen molar-refractivity contribution < 1.29 is 9.53 Å². The van der Waals surface area contributed by atoms with Crippen molar-refractivity contribution in [1.29, 1.82) is 5.26 Å². The number of esters is 1. The van der Waals surface area contributed by atoms with Crippen LogP contribution < -0.4 is 10.6 Å². The fourth-order valence-corrected chi connectivity index (χ4v) is 5.03. The number of hydrogen-bond donors (Lipinski definition) is 2. The number of amidine groups is 2. The second-order valence-corrected chi connectivity index (χ2v) is 13.4. The third-order valence-corrected chi connectivity index (χ3v) is 7.12. The monoisotopic (exact) mass is 653 g/mol. The van der Waals surface area contributed by atoms with Crippen LogP contribution >= 0.6 is 46.4 Å². The third kappa shape index (κ3) is 11.0. The zero-order chi connectivity index (χ0) is 31.7. The van der Waals surface area contributed by atoms with E-state index in [9.17, 15) is 10.1 Å². The van der Waals surface area contributed by atoms with E-state index < -0.39 is 22.5 Å². The minimum absolute atomic E-state index is 0.127. The molecule has 0 aliphatic carbocycles. The highest BCUT2D eigenvalue weighted by Crippen LogP contribution is 2.36. The molecule has 228 valence electrons. The molecule has 0 bridgehead atoms. The summed E-state index contributed by atoms with van der Waals surface area (Å²) >= 11 is 25.7. The van der Waals surface area contributed by atoms with Gasteiger partial charge in [-0.3, -0.25) is 14.8 Å². The van der Waals surface area contributed by atoms with Gasteiger partial charge >= 0.3 is 5.97 Å². The van der Waals surface area contributed by atoms with Crippen LogP contribution in [0, 0.1) is 16.7 Å². The highest BCUT2D eigenvalue weighted by molar-refractivity contribution is 6.40. The molecule has 0 saturated carbocycles. The zero-order valence-electron chi connectivity index (χ0n) is 25.2. The van der Waals surface area contributed by atoms with Crippen molar-refractivity contribution >= 4 is 75.4 Å². The van der Waals surface area contributed by atoms with Gasteiger partial charge in [-0.05, 0) is 85.6 Å². The van der Waals surface area contributed by atoms with Crippen LogP contribution in [-0.4, -0.2) is 35.3 Å². The summed E-state index contributed by atoms with van der Waals surface area (Å²) in [5.74, 6) is 0.459. The van der Waals surface area contributed by atoms with E-state index in [2.05, 4.69) is 16.7 Å². The van der Waals surface area contributed by atoms with Crippen LogP contribution in [0.3, 0.4) is 0 Å². The summed E-state index contributed by atoms with van der Waals surface area (Å²) in [6.07, 6.45) is 0.755. The summed E-state index contributed by atoms with van der Waals surface area (Å²) in [5.41, 5.74) is -1.41. The molecule has 0 unspecified atom stereocenters. The predicted octanol–water partition coefficient (Wildman–Crippen LogP) is 9.85. The van der Waals surface area contributed by atoms with E-state index >= 15 is 0 Å². The Morgan fingerprint density at radius 3 is 1.43 bits per heavy atom. The number of ether oxygens (including phenoxy) is 1. The van der Waals surface area contributed by atoms with Gasteiger partial charge in [-0.2, -0.15) is 5.26 Å². The number of halogens is 4. The van der Waals surface area contributed by atoms with Crippen molar-refractivity contribution in [1.82, 2.24) is 0 Å². The number of anilines is 2. The summed E-state index contributed by atoms with van der Waals surface area (Å²) in [4.78, 5) is 23.0. The van der Waals surface area contributed by atoms with Gasteiger partial charge in [0.1, 0.15) is 11.7 Å². The molecule has 42 heavy (non-hydrogen) atoms. The Labute approximate surface area is 269 Å². The molecule has 0 atom stereocenters. The Morgan fingerprint density at radius 2 is 1.14 bits per heavy atom. The topological polar surface area (TPSA) is 98.9 Å². The van der Waals surface area contributed by atoms with Crippen molar-refractivity contribution in [2.45, 2.75) is 85.2 Å². The standard InChI is InChI=1S/C31H39Cl4N5O2/c1-8-42-28(41)31(19-36,17-15-24(39-29(2,3)4)37-26-20(32)11-9-12-21(26)33)18-16-25(40-30(5,6)7)38-27-22(34)13-10-14-23(27)35/h9-14H,8,15-18H2,1-7H3,(H,37,39)(H,38,40). The molecule has 0 heterocycles. The van der Waals surface area contributed by atoms with E-state index in [1.54, 1.807) is 43.3 Å². The number of nitriles is 1. The molecule has 2 N–H and O–H groups in total. The highest BCUT2D eigenvalue weighted by atomic mass is 35.5. The van der Waals surface area contributed by atoms with Crippen LogP contribution in [0.15, 0.2) is 46.4 Å². The molecule has 2 aromatic rings. The molecule has 0 aromatic heterocycles. The van der Waals surface area contributed by atoms with Gasteiger partial charge in [0.2, 0.25) is 0 Å². The van der Waals surface area contributed by atoms with E-state index in [1.807, 2.05) is 41.5 Å². The second-order valence-electron chi connectivity index (χ2n) is 11.8. The number of benzene rings is 2. The fourth-order valence-electron chi connectivity index (χ4n) is 4.04. The van der Waals surface area contributed by atoms with Crippen molar-refractivity contribution in [3.63, 3.8) is 0 Å². The minimum Gasteiger partial charge on any atom is -0.465 e. The smallest absolute Gasteiger partial charge is 0.326 e. The van der Waals surface area contributed by atoms with Gasteiger partial charge in [0.15, 0.2) is 5.41 Å². The summed E-state index contributed by atoms with van der Waals surface area (Å²) in [7, 11) is 0. The maximum absolute atomic E-state index is 13.4. The van der Waals surface area contributed by atoms with Gasteiger partial charge in [-0.1, -0.05) is 58.5 Å². The number of rotatable bonds is 10. The van der Waals surface area contributed by atoms with E-state index in [1.165, 1.54) is 0 Å². The predicted molar refractivity (Wildman–Crippen MR) is 178 cm³/mol. The summed E-state index contributed by atoms with van der Waals surface area (Å²) in [6.45, 7) is 13.5. The van der Waals surface area contributed by atoms with Gasteiger partial charge in [-0.15, -0.1) is 0 Å². The van der Waals surface area contributed by atoms with Crippen molar-refractivity contribution in [3.8, 4) is 6.07 Å². The number of carbonyl (C=O) groups excluding carboxylic acids is 1.